The summed E-state index contributed by atoms with van der Waals surface area (Å²) in [6.07, 6.45) is -1.31. The van der Waals surface area contributed by atoms with Crippen LogP contribution in [0.4, 0.5) is 0 Å². The first kappa shape index (κ1) is 10.7. The normalized spacial score (nSPS) is 12.9. The highest BCUT2D eigenvalue weighted by atomic mass is 16.3. The smallest absolute Gasteiger partial charge is 0.271 e. The monoisotopic (exact) mass is 192 g/mol. The maximum Gasteiger partial charge on any atom is 0.271 e. The number of hydrogen-bond acceptors (Lipinski definition) is 2. The Morgan fingerprint density at radius 3 is 2.00 bits per heavy atom. The molecule has 3 nitrogen and oxygen atoms in total. The van der Waals surface area contributed by atoms with Crippen molar-refractivity contribution in [1.82, 2.24) is 5.73 Å². The number of rotatable bonds is 3. The fourth-order valence-electron chi connectivity index (χ4n) is 1.21. The predicted molar refractivity (Wildman–Crippen MR) is 53.6 cm³/mol. The molecule has 0 heterocycles. The van der Waals surface area contributed by atoms with E-state index < -0.39 is 12.0 Å². The Bertz CT molecular complexity index is 317. The zero-order chi connectivity index (χ0) is 10.7. The third kappa shape index (κ3) is 2.33. The first-order valence-electron chi connectivity index (χ1n) is 4.55. The summed E-state index contributed by atoms with van der Waals surface area (Å²) in [5, 5.41) is 9.29. The Balaban J connectivity index is 2.88. The molecule has 0 aliphatic rings. The van der Waals surface area contributed by atoms with Crippen LogP contribution in [0.15, 0.2) is 24.3 Å². The molecule has 75 valence electrons. The van der Waals surface area contributed by atoms with Crippen molar-refractivity contribution >= 4 is 5.91 Å². The van der Waals surface area contributed by atoms with Crippen molar-refractivity contribution in [2.75, 3.05) is 0 Å². The quantitative estimate of drug-likeness (QED) is 0.791. The molecule has 1 rings (SSSR count). The molecule has 1 atom stereocenters. The first-order chi connectivity index (χ1) is 6.52. The molecule has 0 fully saturated rings. The van der Waals surface area contributed by atoms with Gasteiger partial charge in [0.25, 0.3) is 5.91 Å². The standard InChI is InChI=1S/C11H14NO2/c1-7(2)8-3-5-9(6-4-8)10(13)11(12)14/h3-7,10,12-13H,1-2H3. The van der Waals surface area contributed by atoms with Crippen molar-refractivity contribution in [2.45, 2.75) is 25.9 Å². The molecule has 0 bridgehead atoms. The zero-order valence-electron chi connectivity index (χ0n) is 8.32. The third-order valence-electron chi connectivity index (χ3n) is 2.17. The maximum absolute atomic E-state index is 10.6. The fraction of sp³-hybridized carbons (Fsp3) is 0.364. The Morgan fingerprint density at radius 1 is 1.21 bits per heavy atom. The van der Waals surface area contributed by atoms with Crippen molar-refractivity contribution in [3.8, 4) is 0 Å². The summed E-state index contributed by atoms with van der Waals surface area (Å²) in [5.74, 6) is -0.546. The largest absolute Gasteiger partial charge is 0.378 e. The molecule has 1 unspecified atom stereocenters. The molecule has 0 aromatic heterocycles. The van der Waals surface area contributed by atoms with Gasteiger partial charge in [0.15, 0.2) is 6.10 Å². The minimum atomic E-state index is -1.31. The topological polar surface area (TPSA) is 61.1 Å². The van der Waals surface area contributed by atoms with Crippen LogP contribution in [0.1, 0.15) is 37.0 Å². The van der Waals surface area contributed by atoms with Gasteiger partial charge in [0.2, 0.25) is 0 Å². The van der Waals surface area contributed by atoms with Gasteiger partial charge in [-0.1, -0.05) is 38.1 Å². The highest BCUT2D eigenvalue weighted by molar-refractivity contribution is 5.79. The number of amides is 1. The van der Waals surface area contributed by atoms with Crippen LogP contribution in [-0.2, 0) is 4.79 Å². The van der Waals surface area contributed by atoms with Gasteiger partial charge >= 0.3 is 0 Å². The van der Waals surface area contributed by atoms with Gasteiger partial charge < -0.3 is 5.11 Å². The van der Waals surface area contributed by atoms with Gasteiger partial charge in [-0.2, -0.15) is 0 Å². The maximum atomic E-state index is 10.6. The van der Waals surface area contributed by atoms with Gasteiger partial charge in [0, 0.05) is 0 Å². The Labute approximate surface area is 83.6 Å². The summed E-state index contributed by atoms with van der Waals surface area (Å²) in [7, 11) is 0. The van der Waals surface area contributed by atoms with E-state index in [2.05, 4.69) is 13.8 Å². The molecule has 1 aromatic rings. The van der Waals surface area contributed by atoms with Gasteiger partial charge in [0.05, 0.1) is 0 Å². The summed E-state index contributed by atoms with van der Waals surface area (Å²) in [6.45, 7) is 4.14. The van der Waals surface area contributed by atoms with Crippen LogP contribution < -0.4 is 5.73 Å². The number of benzene rings is 1. The van der Waals surface area contributed by atoms with E-state index in [4.69, 9.17) is 5.73 Å². The Kier molecular flexibility index (Phi) is 3.25. The lowest BCUT2D eigenvalue weighted by Crippen LogP contribution is -2.12. The van der Waals surface area contributed by atoms with E-state index in [1.54, 1.807) is 12.1 Å². The summed E-state index contributed by atoms with van der Waals surface area (Å²) in [5.41, 5.74) is 8.40. The molecule has 3 heteroatoms. The molecule has 1 aromatic carbocycles. The van der Waals surface area contributed by atoms with Gasteiger partial charge in [-0.25, -0.2) is 0 Å². The van der Waals surface area contributed by atoms with E-state index in [1.807, 2.05) is 12.1 Å². The average molecular weight is 192 g/mol. The van der Waals surface area contributed by atoms with Crippen LogP contribution in [0.3, 0.4) is 0 Å². The van der Waals surface area contributed by atoms with E-state index in [-0.39, 0.29) is 0 Å². The molecule has 0 aliphatic heterocycles. The molecule has 0 saturated heterocycles. The van der Waals surface area contributed by atoms with Crippen molar-refractivity contribution < 1.29 is 9.90 Å². The van der Waals surface area contributed by atoms with Crippen LogP contribution in [0.25, 0.3) is 0 Å². The van der Waals surface area contributed by atoms with E-state index in [0.717, 1.165) is 5.56 Å². The molecule has 1 amide bonds. The van der Waals surface area contributed by atoms with Crippen molar-refractivity contribution in [2.24, 2.45) is 0 Å². The van der Waals surface area contributed by atoms with Crippen LogP contribution in [0.5, 0.6) is 0 Å². The molecule has 14 heavy (non-hydrogen) atoms. The molecule has 1 radical (unpaired) electrons. The second-order valence-electron chi connectivity index (χ2n) is 3.59. The zero-order valence-corrected chi connectivity index (χ0v) is 8.32. The number of aliphatic hydroxyl groups is 1. The third-order valence-corrected chi connectivity index (χ3v) is 2.17. The number of aliphatic hydroxyl groups excluding tert-OH is 1. The molecule has 2 N–H and O–H groups in total. The summed E-state index contributed by atoms with van der Waals surface area (Å²) in [6, 6.07) is 7.11. The highest BCUT2D eigenvalue weighted by Gasteiger charge is 2.13. The van der Waals surface area contributed by atoms with Gasteiger partial charge in [0.1, 0.15) is 0 Å². The number of hydrogen-bond donors (Lipinski definition) is 1. The second kappa shape index (κ2) is 4.24. The predicted octanol–water partition coefficient (Wildman–Crippen LogP) is 1.65. The molecule has 0 saturated carbocycles. The number of carbonyl (C=O) groups excluding carboxylic acids is 1. The minimum absolute atomic E-state index is 0.424. The fourth-order valence-corrected chi connectivity index (χ4v) is 1.21. The van der Waals surface area contributed by atoms with Crippen molar-refractivity contribution in [1.29, 1.82) is 0 Å². The molecule has 0 spiro atoms. The summed E-state index contributed by atoms with van der Waals surface area (Å²) < 4.78 is 0. The van der Waals surface area contributed by atoms with E-state index in [9.17, 15) is 9.90 Å². The SMILES string of the molecule is CC(C)c1ccc(C(O)C([NH])=O)cc1. The molecular weight excluding hydrogens is 178 g/mol. The Morgan fingerprint density at radius 2 is 1.64 bits per heavy atom. The number of carbonyl (C=O) groups is 1. The molecule has 0 aliphatic carbocycles. The summed E-state index contributed by atoms with van der Waals surface area (Å²) >= 11 is 0. The van der Waals surface area contributed by atoms with Crippen LogP contribution in [0, 0.1) is 0 Å². The van der Waals surface area contributed by atoms with E-state index in [1.165, 1.54) is 0 Å². The van der Waals surface area contributed by atoms with Crippen LogP contribution in [-0.4, -0.2) is 11.0 Å². The molecular formula is C11H14NO2. The van der Waals surface area contributed by atoms with E-state index in [0.29, 0.717) is 11.5 Å². The van der Waals surface area contributed by atoms with Gasteiger partial charge in [-0.15, -0.1) is 0 Å². The van der Waals surface area contributed by atoms with Crippen LogP contribution >= 0.6 is 0 Å². The van der Waals surface area contributed by atoms with Crippen LogP contribution in [0.2, 0.25) is 0 Å². The van der Waals surface area contributed by atoms with Gasteiger partial charge in [-0.05, 0) is 17.0 Å². The Hall–Kier alpha value is -1.35. The summed E-state index contributed by atoms with van der Waals surface area (Å²) in [4.78, 5) is 10.6. The van der Waals surface area contributed by atoms with Crippen molar-refractivity contribution in [3.63, 3.8) is 0 Å². The van der Waals surface area contributed by atoms with E-state index >= 15 is 0 Å². The highest BCUT2D eigenvalue weighted by Crippen LogP contribution is 2.18. The average Bonchev–Trinajstić information content (AvgIpc) is 2.16. The van der Waals surface area contributed by atoms with Crippen molar-refractivity contribution in [3.05, 3.63) is 35.4 Å². The second-order valence-corrected chi connectivity index (χ2v) is 3.59. The lowest BCUT2D eigenvalue weighted by atomic mass is 10.00. The lowest BCUT2D eigenvalue weighted by Gasteiger charge is -2.09. The number of nitrogens with one attached hydrogen (secondary N) is 1. The lowest BCUT2D eigenvalue weighted by molar-refractivity contribution is -0.126. The first-order valence-corrected chi connectivity index (χ1v) is 4.55. The van der Waals surface area contributed by atoms with Gasteiger partial charge in [-0.3, -0.25) is 10.5 Å². The minimum Gasteiger partial charge on any atom is -0.378 e.